The molecule has 1 atom stereocenters. The molecule has 9 nitrogen and oxygen atoms in total. The molecule has 2 aliphatic rings. The van der Waals surface area contributed by atoms with Gasteiger partial charge in [-0.25, -0.2) is 22.8 Å². The number of carbonyl (C=O) groups is 3. The van der Waals surface area contributed by atoms with Crippen LogP contribution < -0.4 is 5.32 Å². The van der Waals surface area contributed by atoms with Crippen LogP contribution >= 0.6 is 0 Å². The van der Waals surface area contributed by atoms with Crippen LogP contribution in [0.15, 0.2) is 59.5 Å². The second kappa shape index (κ2) is 8.92. The van der Waals surface area contributed by atoms with Gasteiger partial charge in [0.2, 0.25) is 0 Å². The van der Waals surface area contributed by atoms with Crippen LogP contribution in [0, 0.1) is 0 Å². The van der Waals surface area contributed by atoms with Crippen LogP contribution in [0.25, 0.3) is 0 Å². The Bertz CT molecular complexity index is 1270. The van der Waals surface area contributed by atoms with Crippen molar-refractivity contribution >= 4 is 27.9 Å². The van der Waals surface area contributed by atoms with Gasteiger partial charge in [-0.3, -0.25) is 0 Å². The Morgan fingerprint density at radius 2 is 1.61 bits per heavy atom. The number of benzene rings is 2. The third-order valence-electron chi connectivity index (χ3n) is 6.60. The smallest absolute Gasteiger partial charge is 0.408 e. The Balaban J connectivity index is 1.38. The summed E-state index contributed by atoms with van der Waals surface area (Å²) >= 11 is 0. The Morgan fingerprint density at radius 1 is 1.00 bits per heavy atom. The predicted octanol–water partition coefficient (Wildman–Crippen LogP) is 3.17. The molecule has 0 bridgehead atoms. The molecule has 192 valence electrons. The molecule has 0 unspecified atom stereocenters. The van der Waals surface area contributed by atoms with E-state index in [2.05, 4.69) is 10.1 Å². The van der Waals surface area contributed by atoms with E-state index in [1.165, 1.54) is 0 Å². The van der Waals surface area contributed by atoms with Gasteiger partial charge in [-0.05, 0) is 63.4 Å². The summed E-state index contributed by atoms with van der Waals surface area (Å²) < 4.78 is 40.5. The average molecular weight is 516 g/mol. The van der Waals surface area contributed by atoms with Crippen molar-refractivity contribution in [2.24, 2.45) is 0 Å². The molecule has 2 aromatic rings. The number of carbonyl (C=O) groups excluding carboxylic acids is 3. The van der Waals surface area contributed by atoms with Crippen molar-refractivity contribution in [1.82, 2.24) is 5.32 Å². The third kappa shape index (κ3) is 4.57. The lowest BCUT2D eigenvalue weighted by atomic mass is 10.0. The minimum absolute atomic E-state index is 0.230. The molecule has 10 heteroatoms. The molecule has 0 saturated heterocycles. The molecule has 2 aliphatic carbocycles. The van der Waals surface area contributed by atoms with Crippen LogP contribution in [0.4, 0.5) is 4.79 Å². The van der Waals surface area contributed by atoms with Gasteiger partial charge < -0.3 is 19.5 Å². The molecule has 2 fully saturated rings. The summed E-state index contributed by atoms with van der Waals surface area (Å²) in [6, 6.07) is 13.8. The average Bonchev–Trinajstić information content (AvgIpc) is 3.69. The molecule has 0 aliphatic heterocycles. The molecular formula is C26H29NO8S. The highest BCUT2D eigenvalue weighted by molar-refractivity contribution is 7.93. The maximum Gasteiger partial charge on any atom is 0.408 e. The van der Waals surface area contributed by atoms with Crippen molar-refractivity contribution in [2.75, 3.05) is 13.7 Å². The van der Waals surface area contributed by atoms with Crippen molar-refractivity contribution in [3.8, 4) is 0 Å². The summed E-state index contributed by atoms with van der Waals surface area (Å²) in [4.78, 5) is 36.9. The van der Waals surface area contributed by atoms with Gasteiger partial charge in [-0.1, -0.05) is 30.3 Å². The number of amides is 1. The van der Waals surface area contributed by atoms with Gasteiger partial charge in [-0.2, -0.15) is 0 Å². The fourth-order valence-corrected chi connectivity index (χ4v) is 6.97. The summed E-state index contributed by atoms with van der Waals surface area (Å²) in [7, 11) is -2.30. The number of methoxy groups -OCH3 is 1. The predicted molar refractivity (Wildman–Crippen MR) is 129 cm³/mol. The van der Waals surface area contributed by atoms with Crippen molar-refractivity contribution in [2.45, 2.75) is 60.3 Å². The fourth-order valence-electron chi connectivity index (χ4n) is 4.50. The molecule has 2 saturated carbocycles. The summed E-state index contributed by atoms with van der Waals surface area (Å²) in [5.41, 5.74) is -0.104. The minimum Gasteiger partial charge on any atom is -0.467 e. The van der Waals surface area contributed by atoms with E-state index in [1.54, 1.807) is 75.4 Å². The highest BCUT2D eigenvalue weighted by Crippen LogP contribution is 2.83. The summed E-state index contributed by atoms with van der Waals surface area (Å²) in [5, 5.41) is 2.34. The SMILES string of the molecule is COC(=O)[C@H](COC(=O)c1ccc(C23CC2(S(=O)(=O)c2ccccc2)C3)cc1)NC(=O)OC(C)(C)C. The molecule has 0 aromatic heterocycles. The van der Waals surface area contributed by atoms with Crippen molar-refractivity contribution < 1.29 is 37.0 Å². The summed E-state index contributed by atoms with van der Waals surface area (Å²) in [6.07, 6.45) is 0.261. The maximum atomic E-state index is 13.1. The largest absolute Gasteiger partial charge is 0.467 e. The first-order valence-corrected chi connectivity index (χ1v) is 13.0. The molecule has 0 radical (unpaired) electrons. The number of hydrogen-bond acceptors (Lipinski definition) is 8. The van der Waals surface area contributed by atoms with Gasteiger partial charge in [0.25, 0.3) is 0 Å². The Labute approximate surface area is 210 Å². The normalized spacial score (nSPS) is 23.0. The fraction of sp³-hybridized carbons (Fsp3) is 0.423. The summed E-state index contributed by atoms with van der Waals surface area (Å²) in [5.74, 6) is -1.49. The molecule has 36 heavy (non-hydrogen) atoms. The van der Waals surface area contributed by atoms with Crippen LogP contribution in [0.3, 0.4) is 0 Å². The first-order valence-electron chi connectivity index (χ1n) is 11.5. The molecular weight excluding hydrogens is 486 g/mol. The van der Waals surface area contributed by atoms with Gasteiger partial charge in [0, 0.05) is 5.41 Å². The highest BCUT2D eigenvalue weighted by atomic mass is 32.2. The van der Waals surface area contributed by atoms with Gasteiger partial charge in [0.05, 0.1) is 22.3 Å². The minimum atomic E-state index is -3.45. The van der Waals surface area contributed by atoms with Crippen LogP contribution in [0.1, 0.15) is 49.5 Å². The van der Waals surface area contributed by atoms with E-state index >= 15 is 0 Å². The zero-order valence-corrected chi connectivity index (χ0v) is 21.4. The Morgan fingerprint density at radius 3 is 2.17 bits per heavy atom. The van der Waals surface area contributed by atoms with Gasteiger partial charge in [0.15, 0.2) is 15.9 Å². The molecule has 0 heterocycles. The lowest BCUT2D eigenvalue weighted by Crippen LogP contribution is -2.47. The van der Waals surface area contributed by atoms with E-state index in [0.717, 1.165) is 12.7 Å². The molecule has 1 amide bonds. The second-order valence-corrected chi connectivity index (χ2v) is 12.4. The second-order valence-electron chi connectivity index (χ2n) is 10.1. The standard InChI is InChI=1S/C26H29NO8S/c1-24(2,3)35-23(30)27-20(22(29)33-4)14-34-21(28)17-10-12-18(13-11-17)25-15-26(25,16-25)36(31,32)19-8-6-5-7-9-19/h5-13,20H,14-16H2,1-4H3,(H,27,30)/t20-,25?,26?/m0/s1. The monoisotopic (exact) mass is 515 g/mol. The van der Waals surface area contributed by atoms with E-state index in [-0.39, 0.29) is 5.56 Å². The van der Waals surface area contributed by atoms with E-state index in [4.69, 9.17) is 9.47 Å². The van der Waals surface area contributed by atoms with Crippen LogP contribution in [0.5, 0.6) is 0 Å². The lowest BCUT2D eigenvalue weighted by Gasteiger charge is -2.22. The van der Waals surface area contributed by atoms with E-state index < -0.39 is 56.3 Å². The topological polar surface area (TPSA) is 125 Å². The number of rotatable bonds is 8. The third-order valence-corrected chi connectivity index (χ3v) is 9.20. The Hall–Kier alpha value is -3.40. The van der Waals surface area contributed by atoms with Gasteiger partial charge >= 0.3 is 18.0 Å². The van der Waals surface area contributed by atoms with Crippen molar-refractivity contribution in [3.05, 3.63) is 65.7 Å². The first kappa shape index (κ1) is 25.7. The number of fused-ring (bicyclic) bond motifs is 1. The van der Waals surface area contributed by atoms with E-state index in [9.17, 15) is 22.8 Å². The van der Waals surface area contributed by atoms with E-state index in [1.807, 2.05) is 0 Å². The lowest BCUT2D eigenvalue weighted by molar-refractivity contribution is -0.144. The van der Waals surface area contributed by atoms with Crippen LogP contribution in [0.2, 0.25) is 0 Å². The van der Waals surface area contributed by atoms with E-state index in [0.29, 0.717) is 17.7 Å². The first-order chi connectivity index (χ1) is 16.8. The Kier molecular flexibility index (Phi) is 6.36. The maximum absolute atomic E-state index is 13.1. The highest BCUT2D eigenvalue weighted by Gasteiger charge is 2.90. The van der Waals surface area contributed by atoms with Crippen LogP contribution in [-0.4, -0.2) is 56.6 Å². The van der Waals surface area contributed by atoms with Crippen molar-refractivity contribution in [3.63, 3.8) is 0 Å². The zero-order valence-electron chi connectivity index (χ0n) is 20.6. The number of hydrogen-bond donors (Lipinski definition) is 1. The number of nitrogens with one attached hydrogen (secondary N) is 1. The number of alkyl carbamates (subject to hydrolysis) is 1. The quantitative estimate of drug-likeness (QED) is 0.420. The molecule has 0 spiro atoms. The number of ether oxygens (including phenoxy) is 3. The van der Waals surface area contributed by atoms with Gasteiger partial charge in [0.1, 0.15) is 12.2 Å². The molecule has 4 rings (SSSR count). The van der Waals surface area contributed by atoms with Crippen LogP contribution in [-0.2, 0) is 34.3 Å². The molecule has 1 N–H and O–H groups in total. The molecule has 2 aromatic carbocycles. The van der Waals surface area contributed by atoms with Gasteiger partial charge in [-0.15, -0.1) is 0 Å². The van der Waals surface area contributed by atoms with Crippen molar-refractivity contribution in [1.29, 1.82) is 0 Å². The number of sulfone groups is 1. The number of esters is 2. The zero-order chi connectivity index (χ0) is 26.4. The summed E-state index contributed by atoms with van der Waals surface area (Å²) in [6.45, 7) is 4.57.